The molecule has 0 aliphatic rings. The van der Waals surface area contributed by atoms with Crippen LogP contribution in [-0.4, -0.2) is 22.2 Å². The fraction of sp³-hybridized carbons (Fsp3) is 0.333. The normalized spacial score (nSPS) is 10.6. The van der Waals surface area contributed by atoms with Gasteiger partial charge in [0, 0.05) is 12.2 Å². The van der Waals surface area contributed by atoms with Crippen molar-refractivity contribution >= 4 is 5.91 Å². The maximum Gasteiger partial charge on any atom is 0.254 e. The van der Waals surface area contributed by atoms with E-state index in [2.05, 4.69) is 10.4 Å². The number of nitrogens with one attached hydrogen (secondary N) is 1. The number of amides is 1. The molecule has 0 radical (unpaired) electrons. The van der Waals surface area contributed by atoms with E-state index >= 15 is 0 Å². The van der Waals surface area contributed by atoms with Gasteiger partial charge in [0.05, 0.1) is 17.8 Å². The van der Waals surface area contributed by atoms with Crippen molar-refractivity contribution in [3.63, 3.8) is 0 Å². The zero-order chi connectivity index (χ0) is 14.7. The molecule has 0 fully saturated rings. The number of nitrogens with zero attached hydrogens (tertiary/aromatic N) is 2. The van der Waals surface area contributed by atoms with Crippen LogP contribution in [0.2, 0.25) is 0 Å². The Labute approximate surface area is 117 Å². The lowest BCUT2D eigenvalue weighted by molar-refractivity contribution is 0.0948. The van der Waals surface area contributed by atoms with Gasteiger partial charge in [-0.1, -0.05) is 12.1 Å². The zero-order valence-electron chi connectivity index (χ0n) is 11.9. The molecule has 1 aromatic carbocycles. The summed E-state index contributed by atoms with van der Waals surface area (Å²) in [6, 6.07) is 5.95. The van der Waals surface area contributed by atoms with Crippen molar-refractivity contribution in [1.82, 2.24) is 15.1 Å². The van der Waals surface area contributed by atoms with Gasteiger partial charge in [0.15, 0.2) is 0 Å². The molecule has 0 bridgehead atoms. The lowest BCUT2D eigenvalue weighted by Gasteiger charge is -2.07. The first-order valence-electron chi connectivity index (χ1n) is 6.54. The van der Waals surface area contributed by atoms with Crippen molar-refractivity contribution in [1.29, 1.82) is 0 Å². The average Bonchev–Trinajstić information content (AvgIpc) is 2.67. The maximum atomic E-state index is 13.4. The summed E-state index contributed by atoms with van der Waals surface area (Å²) in [4.78, 5) is 11.8. The molecule has 0 aliphatic heterocycles. The van der Waals surface area contributed by atoms with Crippen LogP contribution in [0.1, 0.15) is 27.3 Å². The molecule has 1 N–H and O–H groups in total. The minimum Gasteiger partial charge on any atom is -0.350 e. The molecule has 0 spiro atoms. The van der Waals surface area contributed by atoms with Gasteiger partial charge in [-0.05, 0) is 38.5 Å². The third-order valence-corrected chi connectivity index (χ3v) is 3.47. The van der Waals surface area contributed by atoms with Gasteiger partial charge in [0.1, 0.15) is 5.82 Å². The molecule has 2 aromatic rings. The van der Waals surface area contributed by atoms with E-state index in [-0.39, 0.29) is 5.56 Å². The smallest absolute Gasteiger partial charge is 0.254 e. The minimum absolute atomic E-state index is 0.0667. The maximum absolute atomic E-state index is 13.4. The predicted molar refractivity (Wildman–Crippen MR) is 75.2 cm³/mol. The summed E-state index contributed by atoms with van der Waals surface area (Å²) in [5.74, 6) is -0.909. The van der Waals surface area contributed by atoms with Crippen LogP contribution in [0.15, 0.2) is 24.3 Å². The van der Waals surface area contributed by atoms with Crippen molar-refractivity contribution < 1.29 is 9.18 Å². The number of aromatic nitrogens is 2. The highest BCUT2D eigenvalue weighted by molar-refractivity contribution is 5.94. The number of carbonyl (C=O) groups is 1. The van der Waals surface area contributed by atoms with E-state index in [4.69, 9.17) is 0 Å². The number of carbonyl (C=O) groups excluding carboxylic acids is 1. The Bertz CT molecular complexity index is 634. The number of hydrogen-bond acceptors (Lipinski definition) is 2. The molecular weight excluding hydrogens is 257 g/mol. The molecule has 1 aromatic heterocycles. The molecule has 4 nitrogen and oxygen atoms in total. The molecule has 1 heterocycles. The molecule has 106 valence electrons. The van der Waals surface area contributed by atoms with E-state index < -0.39 is 11.7 Å². The van der Waals surface area contributed by atoms with E-state index in [9.17, 15) is 9.18 Å². The van der Waals surface area contributed by atoms with Gasteiger partial charge in [-0.3, -0.25) is 9.48 Å². The second-order valence-electron chi connectivity index (χ2n) is 4.75. The van der Waals surface area contributed by atoms with Crippen molar-refractivity contribution in [2.75, 3.05) is 6.54 Å². The van der Waals surface area contributed by atoms with Crippen LogP contribution in [0.25, 0.3) is 0 Å². The van der Waals surface area contributed by atoms with Crippen molar-refractivity contribution in [2.45, 2.75) is 27.3 Å². The third-order valence-electron chi connectivity index (χ3n) is 3.47. The molecule has 0 aliphatic carbocycles. The van der Waals surface area contributed by atoms with Gasteiger partial charge in [-0.25, -0.2) is 4.39 Å². The van der Waals surface area contributed by atoms with Gasteiger partial charge >= 0.3 is 0 Å². The van der Waals surface area contributed by atoms with E-state index in [0.29, 0.717) is 13.1 Å². The highest BCUT2D eigenvalue weighted by atomic mass is 19.1. The van der Waals surface area contributed by atoms with Gasteiger partial charge in [-0.15, -0.1) is 0 Å². The van der Waals surface area contributed by atoms with Crippen LogP contribution in [0.3, 0.4) is 0 Å². The fourth-order valence-electron chi connectivity index (χ4n) is 2.02. The van der Waals surface area contributed by atoms with E-state index in [1.165, 1.54) is 12.1 Å². The number of aryl methyl sites for hydroxylation is 1. The monoisotopic (exact) mass is 275 g/mol. The molecule has 1 amide bonds. The second-order valence-corrected chi connectivity index (χ2v) is 4.75. The van der Waals surface area contributed by atoms with Crippen LogP contribution < -0.4 is 5.32 Å². The van der Waals surface area contributed by atoms with Gasteiger partial charge < -0.3 is 5.32 Å². The van der Waals surface area contributed by atoms with Crippen LogP contribution in [0.5, 0.6) is 0 Å². The third kappa shape index (κ3) is 2.87. The molecular formula is C15H18FN3O. The molecule has 20 heavy (non-hydrogen) atoms. The van der Waals surface area contributed by atoms with Gasteiger partial charge in [0.25, 0.3) is 5.91 Å². The zero-order valence-corrected chi connectivity index (χ0v) is 11.9. The topological polar surface area (TPSA) is 46.9 Å². The Kier molecular flexibility index (Phi) is 4.17. The van der Waals surface area contributed by atoms with Crippen LogP contribution in [-0.2, 0) is 6.54 Å². The highest BCUT2D eigenvalue weighted by Crippen LogP contribution is 2.10. The first-order valence-corrected chi connectivity index (χ1v) is 6.54. The van der Waals surface area contributed by atoms with Crippen LogP contribution in [0, 0.1) is 26.6 Å². The Morgan fingerprint density at radius 2 is 2.00 bits per heavy atom. The molecule has 0 atom stereocenters. The quantitative estimate of drug-likeness (QED) is 0.931. The average molecular weight is 275 g/mol. The number of benzene rings is 1. The Morgan fingerprint density at radius 1 is 1.30 bits per heavy atom. The first kappa shape index (κ1) is 14.2. The van der Waals surface area contributed by atoms with Gasteiger partial charge in [0.2, 0.25) is 0 Å². The Hall–Kier alpha value is -2.17. The fourth-order valence-corrected chi connectivity index (χ4v) is 2.02. The SMILES string of the molecule is Cc1nn(CCNC(=O)c2ccccc2F)c(C)c1C. The van der Waals surface area contributed by atoms with Crippen molar-refractivity contribution in [3.8, 4) is 0 Å². The molecule has 0 saturated heterocycles. The molecule has 0 unspecified atom stereocenters. The molecule has 0 saturated carbocycles. The van der Waals surface area contributed by atoms with Gasteiger partial charge in [-0.2, -0.15) is 5.10 Å². The van der Waals surface area contributed by atoms with Crippen molar-refractivity contribution in [3.05, 3.63) is 52.6 Å². The summed E-state index contributed by atoms with van der Waals surface area (Å²) in [5, 5.41) is 7.09. The van der Waals surface area contributed by atoms with E-state index in [0.717, 1.165) is 17.0 Å². The highest BCUT2D eigenvalue weighted by Gasteiger charge is 2.11. The summed E-state index contributed by atoms with van der Waals surface area (Å²) in [7, 11) is 0. The molecule has 5 heteroatoms. The standard InChI is InChI=1S/C15H18FN3O/c1-10-11(2)18-19(12(10)3)9-8-17-15(20)13-6-4-5-7-14(13)16/h4-7H,8-9H2,1-3H3,(H,17,20). The number of halogens is 1. The summed E-state index contributed by atoms with van der Waals surface area (Å²) in [6.07, 6.45) is 0. The number of rotatable bonds is 4. The van der Waals surface area contributed by atoms with Crippen LogP contribution in [0.4, 0.5) is 4.39 Å². The largest absolute Gasteiger partial charge is 0.350 e. The van der Waals surface area contributed by atoms with E-state index in [1.807, 2.05) is 25.5 Å². The Balaban J connectivity index is 1.95. The number of hydrogen-bond donors (Lipinski definition) is 1. The Morgan fingerprint density at radius 3 is 2.60 bits per heavy atom. The summed E-state index contributed by atoms with van der Waals surface area (Å²) >= 11 is 0. The summed E-state index contributed by atoms with van der Waals surface area (Å²) in [5.41, 5.74) is 3.30. The molecule has 2 rings (SSSR count). The van der Waals surface area contributed by atoms with Crippen molar-refractivity contribution in [2.24, 2.45) is 0 Å². The lowest BCUT2D eigenvalue weighted by Crippen LogP contribution is -2.28. The van der Waals surface area contributed by atoms with E-state index in [1.54, 1.807) is 12.1 Å². The summed E-state index contributed by atoms with van der Waals surface area (Å²) in [6.45, 7) is 6.95. The predicted octanol–water partition coefficient (Wildman–Crippen LogP) is 2.38. The summed E-state index contributed by atoms with van der Waals surface area (Å²) < 4.78 is 15.3. The lowest BCUT2D eigenvalue weighted by atomic mass is 10.2. The van der Waals surface area contributed by atoms with Crippen LogP contribution >= 0.6 is 0 Å². The first-order chi connectivity index (χ1) is 9.50. The minimum atomic E-state index is -0.507. The second kappa shape index (κ2) is 5.86.